The number of aliphatic hydroxyl groups is 1. The maximum atomic E-state index is 10.0. The van der Waals surface area contributed by atoms with Gasteiger partial charge in [0.05, 0.1) is 12.7 Å². The number of nitrogens with two attached hydrogens (primary N) is 1. The summed E-state index contributed by atoms with van der Waals surface area (Å²) >= 11 is 3.39. The van der Waals surface area contributed by atoms with Crippen molar-refractivity contribution < 1.29 is 9.84 Å². The van der Waals surface area contributed by atoms with E-state index in [0.29, 0.717) is 13.2 Å². The van der Waals surface area contributed by atoms with Crippen molar-refractivity contribution in [1.29, 1.82) is 0 Å². The number of rotatable bonds is 5. The molecule has 1 aromatic carbocycles. The van der Waals surface area contributed by atoms with Gasteiger partial charge in [0.15, 0.2) is 0 Å². The largest absolute Gasteiger partial charge is 0.494 e. The Bertz CT molecular complexity index is 382. The molecule has 2 atom stereocenters. The Labute approximate surface area is 116 Å². The van der Waals surface area contributed by atoms with Crippen LogP contribution in [0.25, 0.3) is 0 Å². The molecule has 1 fully saturated rings. The molecule has 3 N–H and O–H groups in total. The van der Waals surface area contributed by atoms with Gasteiger partial charge < -0.3 is 15.6 Å². The quantitative estimate of drug-likeness (QED) is 0.878. The Morgan fingerprint density at radius 2 is 2.11 bits per heavy atom. The van der Waals surface area contributed by atoms with Crippen molar-refractivity contribution in [2.45, 2.75) is 31.8 Å². The van der Waals surface area contributed by atoms with Crippen LogP contribution in [0.5, 0.6) is 5.75 Å². The normalized spacial score (nSPS) is 27.4. The van der Waals surface area contributed by atoms with Gasteiger partial charge in [0.1, 0.15) is 5.75 Å². The van der Waals surface area contributed by atoms with E-state index in [-0.39, 0.29) is 11.5 Å². The van der Waals surface area contributed by atoms with Gasteiger partial charge in [0, 0.05) is 16.4 Å². The molecule has 1 aliphatic rings. The van der Waals surface area contributed by atoms with Crippen molar-refractivity contribution in [2.24, 2.45) is 11.1 Å². The van der Waals surface area contributed by atoms with Gasteiger partial charge in [-0.3, -0.25) is 0 Å². The maximum absolute atomic E-state index is 10.0. The Balaban J connectivity index is 1.86. The first-order chi connectivity index (χ1) is 8.66. The zero-order valence-electron chi connectivity index (χ0n) is 10.4. The highest BCUT2D eigenvalue weighted by Crippen LogP contribution is 2.40. The molecule has 0 spiro atoms. The van der Waals surface area contributed by atoms with Crippen LogP contribution in [0.3, 0.4) is 0 Å². The van der Waals surface area contributed by atoms with Crippen LogP contribution >= 0.6 is 15.9 Å². The smallest absolute Gasteiger partial charge is 0.119 e. The highest BCUT2D eigenvalue weighted by molar-refractivity contribution is 9.10. The summed E-state index contributed by atoms with van der Waals surface area (Å²) in [5, 5.41) is 10.0. The van der Waals surface area contributed by atoms with Crippen molar-refractivity contribution in [3.63, 3.8) is 0 Å². The van der Waals surface area contributed by atoms with Crippen LogP contribution in [0.1, 0.15) is 25.7 Å². The molecule has 3 nitrogen and oxygen atoms in total. The molecule has 4 heteroatoms. The summed E-state index contributed by atoms with van der Waals surface area (Å²) in [6.07, 6.45) is 3.50. The molecule has 2 unspecified atom stereocenters. The Morgan fingerprint density at radius 1 is 1.39 bits per heavy atom. The molecule has 0 aromatic heterocycles. The Hall–Kier alpha value is -0.580. The van der Waals surface area contributed by atoms with Gasteiger partial charge in [-0.2, -0.15) is 0 Å². The second-order valence-electron chi connectivity index (χ2n) is 5.03. The Morgan fingerprint density at radius 3 is 2.67 bits per heavy atom. The van der Waals surface area contributed by atoms with E-state index < -0.39 is 0 Å². The van der Waals surface area contributed by atoms with E-state index in [9.17, 15) is 5.11 Å². The van der Waals surface area contributed by atoms with Crippen molar-refractivity contribution in [3.8, 4) is 5.75 Å². The highest BCUT2D eigenvalue weighted by Gasteiger charge is 2.40. The van der Waals surface area contributed by atoms with Crippen molar-refractivity contribution in [1.82, 2.24) is 0 Å². The molecule has 18 heavy (non-hydrogen) atoms. The van der Waals surface area contributed by atoms with Crippen molar-refractivity contribution in [2.75, 3.05) is 13.2 Å². The summed E-state index contributed by atoms with van der Waals surface area (Å²) in [4.78, 5) is 0. The average molecular weight is 314 g/mol. The van der Waals surface area contributed by atoms with Gasteiger partial charge in [-0.1, -0.05) is 22.4 Å². The second kappa shape index (κ2) is 6.04. The second-order valence-corrected chi connectivity index (χ2v) is 5.94. The summed E-state index contributed by atoms with van der Waals surface area (Å²) in [6, 6.07) is 7.78. The summed E-state index contributed by atoms with van der Waals surface area (Å²) in [6.45, 7) is 1.15. The average Bonchev–Trinajstić information content (AvgIpc) is 2.74. The minimum Gasteiger partial charge on any atom is -0.494 e. The standard InChI is InChI=1S/C14H20BrNO2/c15-11-3-5-12(6-4-11)18-9-8-14(10-16)7-1-2-13(14)17/h3-6,13,17H,1-2,7-10,16H2. The minimum absolute atomic E-state index is 0.130. The molecule has 1 saturated carbocycles. The summed E-state index contributed by atoms with van der Waals surface area (Å²) in [5.41, 5.74) is 5.71. The summed E-state index contributed by atoms with van der Waals surface area (Å²) in [7, 11) is 0. The van der Waals surface area contributed by atoms with E-state index >= 15 is 0 Å². The van der Waals surface area contributed by atoms with E-state index in [1.54, 1.807) is 0 Å². The third-order valence-electron chi connectivity index (χ3n) is 3.95. The zero-order chi connectivity index (χ0) is 13.0. The molecular formula is C14H20BrNO2. The van der Waals surface area contributed by atoms with E-state index in [1.165, 1.54) is 0 Å². The lowest BCUT2D eigenvalue weighted by atomic mass is 9.81. The van der Waals surface area contributed by atoms with Gasteiger partial charge in [-0.25, -0.2) is 0 Å². The number of ether oxygens (including phenoxy) is 1. The number of aliphatic hydroxyl groups excluding tert-OH is 1. The first-order valence-electron chi connectivity index (χ1n) is 6.43. The van der Waals surface area contributed by atoms with E-state index in [1.807, 2.05) is 24.3 Å². The van der Waals surface area contributed by atoms with Crippen LogP contribution in [0.15, 0.2) is 28.7 Å². The number of halogens is 1. The zero-order valence-corrected chi connectivity index (χ0v) is 12.0. The topological polar surface area (TPSA) is 55.5 Å². The lowest BCUT2D eigenvalue weighted by Gasteiger charge is -2.31. The van der Waals surface area contributed by atoms with Crippen LogP contribution in [-0.2, 0) is 0 Å². The molecule has 2 rings (SSSR count). The highest BCUT2D eigenvalue weighted by atomic mass is 79.9. The van der Waals surface area contributed by atoms with Gasteiger partial charge in [-0.05, 0) is 43.5 Å². The molecule has 0 radical (unpaired) electrons. The number of hydrogen-bond donors (Lipinski definition) is 2. The molecule has 0 aliphatic heterocycles. The third-order valence-corrected chi connectivity index (χ3v) is 4.48. The SMILES string of the molecule is NCC1(CCOc2ccc(Br)cc2)CCCC1O. The first-order valence-corrected chi connectivity index (χ1v) is 7.22. The maximum Gasteiger partial charge on any atom is 0.119 e. The van der Waals surface area contributed by atoms with Crippen molar-refractivity contribution in [3.05, 3.63) is 28.7 Å². The summed E-state index contributed by atoms with van der Waals surface area (Å²) < 4.78 is 6.75. The number of hydrogen-bond acceptors (Lipinski definition) is 3. The summed E-state index contributed by atoms with van der Waals surface area (Å²) in [5.74, 6) is 0.859. The van der Waals surface area contributed by atoms with Crippen LogP contribution in [0, 0.1) is 5.41 Å². The molecule has 1 aliphatic carbocycles. The fraction of sp³-hybridized carbons (Fsp3) is 0.571. The van der Waals surface area contributed by atoms with Crippen LogP contribution < -0.4 is 10.5 Å². The fourth-order valence-corrected chi connectivity index (χ4v) is 2.92. The number of benzene rings is 1. The van der Waals surface area contributed by atoms with E-state index in [0.717, 1.165) is 35.9 Å². The van der Waals surface area contributed by atoms with E-state index in [2.05, 4.69) is 15.9 Å². The molecule has 100 valence electrons. The predicted octanol–water partition coefficient (Wildman–Crippen LogP) is 2.71. The molecule has 1 aromatic rings. The fourth-order valence-electron chi connectivity index (χ4n) is 2.66. The third kappa shape index (κ3) is 3.05. The molecule has 0 bridgehead atoms. The lowest BCUT2D eigenvalue weighted by Crippen LogP contribution is -2.38. The predicted molar refractivity (Wildman–Crippen MR) is 75.6 cm³/mol. The lowest BCUT2D eigenvalue weighted by molar-refractivity contribution is 0.0413. The van der Waals surface area contributed by atoms with Crippen LogP contribution in [0.2, 0.25) is 0 Å². The molecule has 0 heterocycles. The molecule has 0 saturated heterocycles. The van der Waals surface area contributed by atoms with Crippen molar-refractivity contribution >= 4 is 15.9 Å². The minimum atomic E-state index is -0.268. The van der Waals surface area contributed by atoms with Gasteiger partial charge in [0.25, 0.3) is 0 Å². The monoisotopic (exact) mass is 313 g/mol. The molecule has 0 amide bonds. The van der Waals surface area contributed by atoms with Gasteiger partial charge in [0.2, 0.25) is 0 Å². The van der Waals surface area contributed by atoms with Crippen LogP contribution in [-0.4, -0.2) is 24.4 Å². The Kier molecular flexibility index (Phi) is 4.65. The van der Waals surface area contributed by atoms with Crippen LogP contribution in [0.4, 0.5) is 0 Å². The molecular weight excluding hydrogens is 294 g/mol. The first kappa shape index (κ1) is 13.8. The van der Waals surface area contributed by atoms with Gasteiger partial charge in [-0.15, -0.1) is 0 Å². The van der Waals surface area contributed by atoms with E-state index in [4.69, 9.17) is 10.5 Å². The van der Waals surface area contributed by atoms with Gasteiger partial charge >= 0.3 is 0 Å².